The molecule has 1 saturated carbocycles. The van der Waals surface area contributed by atoms with Crippen LogP contribution in [-0.4, -0.2) is 32.5 Å². The Hall–Kier alpha value is -0.870. The molecule has 2 rings (SSSR count). The van der Waals surface area contributed by atoms with E-state index in [1.807, 2.05) is 13.1 Å². The Bertz CT molecular complexity index is 316. The van der Waals surface area contributed by atoms with Gasteiger partial charge in [0.05, 0.1) is 6.67 Å². The highest BCUT2D eigenvalue weighted by Gasteiger charge is 2.37. The predicted octanol–water partition coefficient (Wildman–Crippen LogP) is 1.64. The average Bonchev–Trinajstić information content (AvgIpc) is 3.15. The molecule has 4 N–H and O–H groups in total. The van der Waals surface area contributed by atoms with Crippen LogP contribution in [0.1, 0.15) is 38.5 Å². The number of aliphatic imine (C=N–C) groups is 1. The van der Waals surface area contributed by atoms with Crippen molar-refractivity contribution in [2.75, 3.05) is 20.3 Å². The van der Waals surface area contributed by atoms with E-state index in [9.17, 15) is 0 Å². The van der Waals surface area contributed by atoms with Crippen LogP contribution >= 0.6 is 0 Å². The van der Waals surface area contributed by atoms with Crippen molar-refractivity contribution >= 4 is 6.21 Å². The highest BCUT2D eigenvalue weighted by atomic mass is 15.0. The third-order valence-corrected chi connectivity index (χ3v) is 4.25. The standard InChI is InChI=1S/C15H28N4/c1-17-11-18-9-7-13(16)3-2-4-14(12-5-6-12)15-8-10-19-15/h7,9,12,14-15,17,19H,2-6,8,10-11,16H2,1H3. The van der Waals surface area contributed by atoms with Crippen molar-refractivity contribution < 1.29 is 0 Å². The largest absolute Gasteiger partial charge is 0.402 e. The molecule has 0 aromatic carbocycles. The van der Waals surface area contributed by atoms with Gasteiger partial charge < -0.3 is 16.4 Å². The normalized spacial score (nSPS) is 25.5. The number of nitrogens with two attached hydrogens (primary N) is 1. The van der Waals surface area contributed by atoms with Crippen molar-refractivity contribution in [1.29, 1.82) is 0 Å². The number of nitrogens with one attached hydrogen (secondary N) is 2. The SMILES string of the molecule is CNCN=CC=C(N)CCCC(C1CC1)C1CCN1. The molecule has 0 spiro atoms. The monoisotopic (exact) mass is 264 g/mol. The molecule has 4 nitrogen and oxygen atoms in total. The molecule has 19 heavy (non-hydrogen) atoms. The van der Waals surface area contributed by atoms with Gasteiger partial charge in [0, 0.05) is 18.0 Å². The topological polar surface area (TPSA) is 62.4 Å². The Morgan fingerprint density at radius 3 is 2.84 bits per heavy atom. The number of hydrogen-bond acceptors (Lipinski definition) is 4. The quantitative estimate of drug-likeness (QED) is 0.555. The lowest BCUT2D eigenvalue weighted by Crippen LogP contribution is -2.48. The smallest absolute Gasteiger partial charge is 0.0881 e. The molecule has 0 amide bonds. The molecule has 2 unspecified atom stereocenters. The van der Waals surface area contributed by atoms with Gasteiger partial charge in [-0.1, -0.05) is 0 Å². The molecule has 1 aliphatic heterocycles. The van der Waals surface area contributed by atoms with Crippen LogP contribution in [0.4, 0.5) is 0 Å². The van der Waals surface area contributed by atoms with E-state index in [2.05, 4.69) is 15.6 Å². The lowest BCUT2D eigenvalue weighted by molar-refractivity contribution is 0.221. The summed E-state index contributed by atoms with van der Waals surface area (Å²) in [4.78, 5) is 4.16. The minimum Gasteiger partial charge on any atom is -0.402 e. The van der Waals surface area contributed by atoms with Crippen molar-refractivity contribution in [3.05, 3.63) is 11.8 Å². The van der Waals surface area contributed by atoms with Crippen LogP contribution in [0.2, 0.25) is 0 Å². The molecule has 1 saturated heterocycles. The molecule has 108 valence electrons. The summed E-state index contributed by atoms with van der Waals surface area (Å²) < 4.78 is 0. The minimum absolute atomic E-state index is 0.654. The number of hydrogen-bond donors (Lipinski definition) is 3. The molecule has 0 radical (unpaired) electrons. The molecule has 1 aliphatic carbocycles. The van der Waals surface area contributed by atoms with Crippen LogP contribution in [0.15, 0.2) is 16.8 Å². The molecule has 2 aliphatic rings. The van der Waals surface area contributed by atoms with Gasteiger partial charge in [0.1, 0.15) is 0 Å². The van der Waals surface area contributed by atoms with E-state index in [0.717, 1.165) is 30.0 Å². The third-order valence-electron chi connectivity index (χ3n) is 4.25. The van der Waals surface area contributed by atoms with Crippen molar-refractivity contribution in [1.82, 2.24) is 10.6 Å². The van der Waals surface area contributed by atoms with Crippen molar-refractivity contribution in [3.8, 4) is 0 Å². The van der Waals surface area contributed by atoms with E-state index in [4.69, 9.17) is 5.73 Å². The fourth-order valence-corrected chi connectivity index (χ4v) is 2.88. The van der Waals surface area contributed by atoms with Crippen LogP contribution in [0.25, 0.3) is 0 Å². The summed E-state index contributed by atoms with van der Waals surface area (Å²) >= 11 is 0. The van der Waals surface area contributed by atoms with Crippen molar-refractivity contribution in [2.24, 2.45) is 22.6 Å². The molecule has 2 fully saturated rings. The zero-order valence-electron chi connectivity index (χ0n) is 12.1. The number of nitrogens with zero attached hydrogens (tertiary/aromatic N) is 1. The van der Waals surface area contributed by atoms with Crippen LogP contribution in [-0.2, 0) is 0 Å². The summed E-state index contributed by atoms with van der Waals surface area (Å²) in [5, 5.41) is 6.55. The summed E-state index contributed by atoms with van der Waals surface area (Å²) in [6.07, 6.45) is 11.6. The maximum atomic E-state index is 5.99. The van der Waals surface area contributed by atoms with Gasteiger partial charge >= 0.3 is 0 Å². The maximum absolute atomic E-state index is 5.99. The molecule has 2 atom stereocenters. The summed E-state index contributed by atoms with van der Waals surface area (Å²) in [5.41, 5.74) is 6.94. The molecule has 0 aromatic rings. The second-order valence-electron chi connectivity index (χ2n) is 5.83. The molecule has 4 heteroatoms. The van der Waals surface area contributed by atoms with Gasteiger partial charge in [-0.15, -0.1) is 0 Å². The van der Waals surface area contributed by atoms with E-state index < -0.39 is 0 Å². The van der Waals surface area contributed by atoms with Crippen LogP contribution in [0, 0.1) is 11.8 Å². The lowest BCUT2D eigenvalue weighted by Gasteiger charge is -2.35. The van der Waals surface area contributed by atoms with Gasteiger partial charge in [0.25, 0.3) is 0 Å². The second kappa shape index (κ2) is 7.65. The first kappa shape index (κ1) is 14.5. The summed E-state index contributed by atoms with van der Waals surface area (Å²) in [6.45, 7) is 1.87. The summed E-state index contributed by atoms with van der Waals surface area (Å²) in [7, 11) is 1.89. The van der Waals surface area contributed by atoms with Gasteiger partial charge in [-0.25, -0.2) is 0 Å². The van der Waals surface area contributed by atoms with Gasteiger partial charge in [0.15, 0.2) is 0 Å². The lowest BCUT2D eigenvalue weighted by atomic mass is 9.84. The van der Waals surface area contributed by atoms with Crippen LogP contribution < -0.4 is 16.4 Å². The second-order valence-corrected chi connectivity index (χ2v) is 5.83. The van der Waals surface area contributed by atoms with Gasteiger partial charge in [-0.3, -0.25) is 4.99 Å². The first-order chi connectivity index (χ1) is 9.31. The molecular weight excluding hydrogens is 236 g/mol. The molecule has 0 bridgehead atoms. The van der Waals surface area contributed by atoms with E-state index in [1.54, 1.807) is 6.21 Å². The third kappa shape index (κ3) is 4.96. The van der Waals surface area contributed by atoms with Crippen LogP contribution in [0.5, 0.6) is 0 Å². The first-order valence-corrected chi connectivity index (χ1v) is 7.63. The summed E-state index contributed by atoms with van der Waals surface area (Å²) in [6, 6.07) is 0.801. The van der Waals surface area contributed by atoms with E-state index >= 15 is 0 Å². The van der Waals surface area contributed by atoms with Crippen LogP contribution in [0.3, 0.4) is 0 Å². The first-order valence-electron chi connectivity index (χ1n) is 7.63. The minimum atomic E-state index is 0.654. The molecule has 0 aromatic heterocycles. The van der Waals surface area contributed by atoms with E-state index in [1.165, 1.54) is 38.6 Å². The Morgan fingerprint density at radius 1 is 1.47 bits per heavy atom. The van der Waals surface area contributed by atoms with Crippen molar-refractivity contribution in [3.63, 3.8) is 0 Å². The van der Waals surface area contributed by atoms with E-state index in [-0.39, 0.29) is 0 Å². The fourth-order valence-electron chi connectivity index (χ4n) is 2.88. The Kier molecular flexibility index (Phi) is 5.86. The number of rotatable bonds is 9. The zero-order valence-corrected chi connectivity index (χ0v) is 12.1. The molecular formula is C15H28N4. The highest BCUT2D eigenvalue weighted by molar-refractivity contribution is 5.71. The van der Waals surface area contributed by atoms with Crippen molar-refractivity contribution in [2.45, 2.75) is 44.6 Å². The Balaban J connectivity index is 1.63. The number of allylic oxidation sites excluding steroid dienone is 2. The average molecular weight is 264 g/mol. The van der Waals surface area contributed by atoms with Gasteiger partial charge in [-0.05, 0) is 70.0 Å². The Labute approximate surface area is 116 Å². The highest BCUT2D eigenvalue weighted by Crippen LogP contribution is 2.42. The Morgan fingerprint density at radius 2 is 2.26 bits per heavy atom. The molecule has 1 heterocycles. The zero-order chi connectivity index (χ0) is 13.5. The van der Waals surface area contributed by atoms with Gasteiger partial charge in [-0.2, -0.15) is 0 Å². The predicted molar refractivity (Wildman–Crippen MR) is 81.2 cm³/mol. The van der Waals surface area contributed by atoms with Gasteiger partial charge in [0.2, 0.25) is 0 Å². The maximum Gasteiger partial charge on any atom is 0.0881 e. The fraction of sp³-hybridized carbons (Fsp3) is 0.800. The summed E-state index contributed by atoms with van der Waals surface area (Å²) in [5.74, 6) is 1.90. The van der Waals surface area contributed by atoms with E-state index in [0.29, 0.717) is 6.67 Å².